The summed E-state index contributed by atoms with van der Waals surface area (Å²) in [5.74, 6) is -1.72. The molecule has 0 saturated carbocycles. The maximum absolute atomic E-state index is 13.2. The van der Waals surface area contributed by atoms with Crippen molar-refractivity contribution in [1.29, 1.82) is 5.26 Å². The van der Waals surface area contributed by atoms with E-state index >= 15 is 0 Å². The van der Waals surface area contributed by atoms with Crippen molar-refractivity contribution in [2.24, 2.45) is 0 Å². The molecule has 4 rings (SSSR count). The number of likely N-dealkylation sites (tertiary alicyclic amines) is 1. The van der Waals surface area contributed by atoms with E-state index in [9.17, 15) is 28.1 Å². The number of hydrogen-bond donors (Lipinski definition) is 1. The smallest absolute Gasteiger partial charge is 0.540 e. The minimum atomic E-state index is -4.24. The van der Waals surface area contributed by atoms with Gasteiger partial charge in [0.2, 0.25) is 0 Å². The molecule has 2 amide bonds. The minimum absolute atomic E-state index is 0. The molecule has 3 aromatic rings. The molecular formula is C29H25Cl2N4NaO6S. The third-order valence-corrected chi connectivity index (χ3v) is 8.34. The zero-order chi connectivity index (χ0) is 30.6. The van der Waals surface area contributed by atoms with Gasteiger partial charge in [-0.2, -0.15) is 5.26 Å². The summed E-state index contributed by atoms with van der Waals surface area (Å²) in [6.45, 7) is 1.81. The molecule has 3 aromatic carbocycles. The number of ketones is 1. The van der Waals surface area contributed by atoms with Crippen molar-refractivity contribution in [1.82, 2.24) is 4.90 Å². The summed E-state index contributed by atoms with van der Waals surface area (Å²) >= 11 is 12.1. The number of carbonyl (C=O) groups is 3. The average Bonchev–Trinajstić information content (AvgIpc) is 3.38. The largest absolute Gasteiger partial charge is 1.00 e. The van der Waals surface area contributed by atoms with Crippen LogP contribution in [0.4, 0.5) is 5.69 Å². The van der Waals surface area contributed by atoms with Crippen LogP contribution in [0.3, 0.4) is 0 Å². The monoisotopic (exact) mass is 650 g/mol. The van der Waals surface area contributed by atoms with Gasteiger partial charge in [0.15, 0.2) is 12.4 Å². The van der Waals surface area contributed by atoms with Crippen LogP contribution in [0.15, 0.2) is 59.5 Å². The number of likely N-dealkylation sites (N-methyl/N-ethyl adjacent to an activating group) is 1. The van der Waals surface area contributed by atoms with Crippen molar-refractivity contribution in [3.8, 4) is 11.8 Å². The van der Waals surface area contributed by atoms with Crippen molar-refractivity contribution < 1.29 is 57.1 Å². The van der Waals surface area contributed by atoms with E-state index in [-0.39, 0.29) is 66.9 Å². The first-order valence-electron chi connectivity index (χ1n) is 12.7. The van der Waals surface area contributed by atoms with Gasteiger partial charge in [-0.25, -0.2) is 8.42 Å². The van der Waals surface area contributed by atoms with Gasteiger partial charge in [0.25, 0.3) is 5.91 Å². The zero-order valence-electron chi connectivity index (χ0n) is 23.6. The Balaban J connectivity index is 0.00000506. The van der Waals surface area contributed by atoms with Crippen LogP contribution in [-0.2, 0) is 19.6 Å². The molecule has 1 N–H and O–H groups in total. The van der Waals surface area contributed by atoms with Gasteiger partial charge in [0.1, 0.15) is 15.8 Å². The Morgan fingerprint density at radius 3 is 2.49 bits per heavy atom. The second-order valence-electron chi connectivity index (χ2n) is 9.67. The van der Waals surface area contributed by atoms with Gasteiger partial charge in [0.05, 0.1) is 34.0 Å². The molecule has 218 valence electrons. The van der Waals surface area contributed by atoms with Crippen LogP contribution >= 0.6 is 23.2 Å². The first kappa shape index (κ1) is 34.5. The Morgan fingerprint density at radius 2 is 1.84 bits per heavy atom. The van der Waals surface area contributed by atoms with Gasteiger partial charge in [-0.1, -0.05) is 23.2 Å². The topological polar surface area (TPSA) is 148 Å². The molecule has 14 heteroatoms. The number of halogens is 2. The summed E-state index contributed by atoms with van der Waals surface area (Å²) in [4.78, 5) is 39.9. The summed E-state index contributed by atoms with van der Waals surface area (Å²) in [5.41, 5.74) is 1.14. The molecule has 1 atom stereocenters. The van der Waals surface area contributed by atoms with Crippen LogP contribution in [0.5, 0.6) is 5.75 Å². The number of benzene rings is 3. The number of nitriles is 1. The molecular weight excluding hydrogens is 626 g/mol. The molecule has 1 aliphatic heterocycles. The number of anilines is 1. The Hall–Kier alpha value is -2.95. The molecule has 1 aliphatic rings. The molecule has 1 fully saturated rings. The number of carbonyl (C=O) groups excluding carboxylic acids is 3. The summed E-state index contributed by atoms with van der Waals surface area (Å²) in [6.07, 6.45) is 1.34. The summed E-state index contributed by atoms with van der Waals surface area (Å²) < 4.78 is 34.6. The molecule has 0 radical (unpaired) electrons. The molecule has 1 unspecified atom stereocenters. The van der Waals surface area contributed by atoms with Gasteiger partial charge >= 0.3 is 29.6 Å². The molecule has 0 aromatic heterocycles. The van der Waals surface area contributed by atoms with E-state index < -0.39 is 40.3 Å². The number of hydrogen-bond acceptors (Lipinski definition) is 8. The van der Waals surface area contributed by atoms with E-state index in [0.717, 1.165) is 6.42 Å². The molecule has 0 spiro atoms. The van der Waals surface area contributed by atoms with Crippen molar-refractivity contribution in [3.05, 3.63) is 91.6 Å². The van der Waals surface area contributed by atoms with E-state index in [4.69, 9.17) is 27.9 Å². The number of sulfonamides is 1. The van der Waals surface area contributed by atoms with Gasteiger partial charge in [-0.15, -0.1) is 0 Å². The predicted octanol–water partition coefficient (Wildman–Crippen LogP) is 2.11. The second kappa shape index (κ2) is 14.7. The number of rotatable bonds is 9. The fourth-order valence-electron chi connectivity index (χ4n) is 4.47. The van der Waals surface area contributed by atoms with Crippen molar-refractivity contribution in [2.75, 3.05) is 25.5 Å². The van der Waals surface area contributed by atoms with E-state index in [0.29, 0.717) is 24.2 Å². The maximum atomic E-state index is 13.2. The molecule has 1 heterocycles. The van der Waals surface area contributed by atoms with Crippen LogP contribution in [-0.4, -0.2) is 57.2 Å². The average molecular weight is 652 g/mol. The maximum Gasteiger partial charge on any atom is 1.00 e. The van der Waals surface area contributed by atoms with Crippen molar-refractivity contribution in [3.63, 3.8) is 0 Å². The minimum Gasteiger partial charge on any atom is -0.540 e. The first-order chi connectivity index (χ1) is 19.9. The summed E-state index contributed by atoms with van der Waals surface area (Å²) in [5, 5.41) is 12.3. The molecule has 10 nitrogen and oxygen atoms in total. The number of amides is 2. The SMILES string of the molecule is Cc1cc(S(=O)(=O)[N-]C(=O)C2CCCN2C)ccc1NC(=O)COc1ccc(Cl)cc1C(=O)c1cc(Cl)cc(C#N)c1.[Na+]. The van der Waals surface area contributed by atoms with Crippen LogP contribution in [0, 0.1) is 18.3 Å². The van der Waals surface area contributed by atoms with Gasteiger partial charge in [-0.3, -0.25) is 14.5 Å². The number of nitrogens with one attached hydrogen (secondary N) is 1. The Labute approximate surface area is 281 Å². The number of nitrogens with zero attached hydrogens (tertiary/aromatic N) is 3. The number of aryl methyl sites for hydroxylation is 1. The van der Waals surface area contributed by atoms with Crippen molar-refractivity contribution >= 4 is 56.5 Å². The predicted molar refractivity (Wildman–Crippen MR) is 158 cm³/mol. The van der Waals surface area contributed by atoms with Gasteiger partial charge in [-0.05, 0) is 93.5 Å². The fraction of sp³-hybridized carbons (Fsp3) is 0.241. The standard InChI is InChI=1S/C29H26Cl2N4O6S.Na/c1-17-10-22(42(39,40)34-29(38)25-4-3-9-35(25)2)6-7-24(17)33-27(36)16-41-26-8-5-20(30)14-23(26)28(37)19-11-18(15-32)12-21(31)13-19;/h5-8,10-14,25H,3-4,9,16H2,1-2H3,(H2,33,34,36,38);/q;+1/p-1. The van der Waals surface area contributed by atoms with Crippen LogP contribution in [0.1, 0.15) is 39.9 Å². The first-order valence-corrected chi connectivity index (χ1v) is 14.9. The molecule has 0 aliphatic carbocycles. The van der Waals surface area contributed by atoms with E-state index in [1.54, 1.807) is 18.9 Å². The molecule has 43 heavy (non-hydrogen) atoms. The molecule has 1 saturated heterocycles. The van der Waals surface area contributed by atoms with E-state index in [1.165, 1.54) is 54.6 Å². The number of ether oxygens (including phenoxy) is 1. The normalized spacial score (nSPS) is 14.7. The quantitative estimate of drug-likeness (QED) is 0.274. The second-order valence-corrected chi connectivity index (χ2v) is 12.1. The van der Waals surface area contributed by atoms with Gasteiger partial charge < -0.3 is 19.6 Å². The third kappa shape index (κ3) is 8.58. The fourth-order valence-corrected chi connectivity index (χ4v) is 5.90. The van der Waals surface area contributed by atoms with Crippen molar-refractivity contribution in [2.45, 2.75) is 30.7 Å². The van der Waals surface area contributed by atoms with E-state index in [2.05, 4.69) is 10.0 Å². The Kier molecular flexibility index (Phi) is 11.8. The van der Waals surface area contributed by atoms with Crippen LogP contribution < -0.4 is 39.6 Å². The summed E-state index contributed by atoms with van der Waals surface area (Å²) in [6, 6.07) is 13.9. The van der Waals surface area contributed by atoms with Crippen LogP contribution in [0.2, 0.25) is 10.0 Å². The van der Waals surface area contributed by atoms with Gasteiger partial charge in [0, 0.05) is 21.3 Å². The van der Waals surface area contributed by atoms with E-state index in [1.807, 2.05) is 6.07 Å². The Morgan fingerprint density at radius 1 is 1.09 bits per heavy atom. The Bertz CT molecular complexity index is 1730. The summed E-state index contributed by atoms with van der Waals surface area (Å²) in [7, 11) is -2.49. The molecule has 0 bridgehead atoms. The zero-order valence-corrected chi connectivity index (χ0v) is 27.9. The third-order valence-electron chi connectivity index (χ3n) is 6.62. The van der Waals surface area contributed by atoms with Crippen LogP contribution in [0.25, 0.3) is 4.72 Å².